The van der Waals surface area contributed by atoms with Crippen molar-refractivity contribution in [1.82, 2.24) is 15.3 Å². The van der Waals surface area contributed by atoms with Gasteiger partial charge in [0.1, 0.15) is 35.1 Å². The van der Waals surface area contributed by atoms with Crippen LogP contribution in [0.3, 0.4) is 0 Å². The van der Waals surface area contributed by atoms with Gasteiger partial charge >= 0.3 is 0 Å². The average molecular weight is 401 g/mol. The summed E-state index contributed by atoms with van der Waals surface area (Å²) < 4.78 is 10.7. The molecule has 2 heterocycles. The number of hydrogen-bond donors (Lipinski definition) is 2. The number of hydrogen-bond acceptors (Lipinski definition) is 7. The van der Waals surface area contributed by atoms with E-state index >= 15 is 0 Å². The van der Waals surface area contributed by atoms with Gasteiger partial charge in [0.2, 0.25) is 5.91 Å². The first-order chi connectivity index (χ1) is 13.7. The van der Waals surface area contributed by atoms with Gasteiger partial charge < -0.3 is 20.1 Å². The second kappa shape index (κ2) is 9.89. The number of benzene rings is 1. The third-order valence-electron chi connectivity index (χ3n) is 4.13. The van der Waals surface area contributed by atoms with Gasteiger partial charge in [-0.25, -0.2) is 9.97 Å². The Balaban J connectivity index is 1.37. The predicted octanol–water partition coefficient (Wildman–Crippen LogP) is 3.26. The van der Waals surface area contributed by atoms with E-state index in [2.05, 4.69) is 33.6 Å². The first kappa shape index (κ1) is 19.9. The van der Waals surface area contributed by atoms with Crippen LogP contribution in [0.4, 0.5) is 5.82 Å². The van der Waals surface area contributed by atoms with Gasteiger partial charge in [0.15, 0.2) is 0 Å². The van der Waals surface area contributed by atoms with Crippen molar-refractivity contribution in [2.45, 2.75) is 19.8 Å². The van der Waals surface area contributed by atoms with E-state index in [4.69, 9.17) is 9.47 Å². The Morgan fingerprint density at radius 1 is 1.14 bits per heavy atom. The van der Waals surface area contributed by atoms with Crippen molar-refractivity contribution in [2.24, 2.45) is 0 Å². The van der Waals surface area contributed by atoms with E-state index in [1.807, 2.05) is 24.3 Å². The van der Waals surface area contributed by atoms with Crippen LogP contribution in [0.25, 0.3) is 10.2 Å². The number of carbonyl (C=O) groups excluding carboxylic acids is 1. The smallest absolute Gasteiger partial charge is 0.221 e. The van der Waals surface area contributed by atoms with Crippen molar-refractivity contribution in [2.75, 3.05) is 32.1 Å². The van der Waals surface area contributed by atoms with Gasteiger partial charge in [-0.2, -0.15) is 0 Å². The molecule has 2 aromatic heterocycles. The molecule has 0 aliphatic rings. The molecule has 1 amide bonds. The minimum absolute atomic E-state index is 0.0318. The largest absolute Gasteiger partial charge is 0.497 e. The molecule has 0 saturated heterocycles. The van der Waals surface area contributed by atoms with E-state index in [-0.39, 0.29) is 5.91 Å². The molecule has 7 nitrogen and oxygen atoms in total. The summed E-state index contributed by atoms with van der Waals surface area (Å²) in [5, 5.41) is 7.10. The molecule has 0 bridgehead atoms. The summed E-state index contributed by atoms with van der Waals surface area (Å²) in [6.45, 7) is 3.49. The highest BCUT2D eigenvalue weighted by Crippen LogP contribution is 2.28. The lowest BCUT2D eigenvalue weighted by atomic mass is 10.3. The van der Waals surface area contributed by atoms with Crippen molar-refractivity contribution < 1.29 is 14.3 Å². The van der Waals surface area contributed by atoms with Gasteiger partial charge in [-0.15, -0.1) is 11.3 Å². The van der Waals surface area contributed by atoms with Gasteiger partial charge in [-0.1, -0.05) is 6.92 Å². The molecule has 0 aliphatic heterocycles. The number of carbonyl (C=O) groups is 1. The predicted molar refractivity (Wildman–Crippen MR) is 111 cm³/mol. The van der Waals surface area contributed by atoms with Gasteiger partial charge in [-0.05, 0) is 36.8 Å². The molecule has 8 heteroatoms. The maximum atomic E-state index is 12.0. The van der Waals surface area contributed by atoms with Crippen LogP contribution in [0.1, 0.15) is 18.2 Å². The number of rotatable bonds is 10. The molecular formula is C20H24N4O3S. The molecule has 0 unspecified atom stereocenters. The SMILES string of the molecule is CCc1cc2c(NCCC(=O)NCCOc3ccc(OC)cc3)ncnc2s1. The highest BCUT2D eigenvalue weighted by Gasteiger charge is 2.08. The van der Waals surface area contributed by atoms with Crippen molar-refractivity contribution in [1.29, 1.82) is 0 Å². The van der Waals surface area contributed by atoms with E-state index in [0.717, 1.165) is 34.0 Å². The number of fused-ring (bicyclic) bond motifs is 1. The lowest BCUT2D eigenvalue weighted by molar-refractivity contribution is -0.120. The van der Waals surface area contributed by atoms with Crippen molar-refractivity contribution >= 4 is 33.3 Å². The first-order valence-electron chi connectivity index (χ1n) is 9.20. The standard InChI is InChI=1S/C20H24N4O3S/c1-3-16-12-17-19(23-13-24-20(17)28-16)22-9-8-18(25)21-10-11-27-15-6-4-14(26-2)5-7-15/h4-7,12-13H,3,8-11H2,1-2H3,(H,21,25)(H,22,23,24). The number of methoxy groups -OCH3 is 1. The van der Waals surface area contributed by atoms with Crippen LogP contribution < -0.4 is 20.1 Å². The van der Waals surface area contributed by atoms with Crippen LogP contribution in [0.5, 0.6) is 11.5 Å². The fraction of sp³-hybridized carbons (Fsp3) is 0.350. The van der Waals surface area contributed by atoms with Crippen LogP contribution >= 0.6 is 11.3 Å². The first-order valence-corrected chi connectivity index (χ1v) is 10.0. The van der Waals surface area contributed by atoms with Crippen LogP contribution in [0.2, 0.25) is 0 Å². The second-order valence-corrected chi connectivity index (χ2v) is 7.17. The summed E-state index contributed by atoms with van der Waals surface area (Å²) in [6.07, 6.45) is 2.89. The Hall–Kier alpha value is -2.87. The summed E-state index contributed by atoms with van der Waals surface area (Å²) in [7, 11) is 1.62. The van der Waals surface area contributed by atoms with E-state index in [1.165, 1.54) is 4.88 Å². The molecule has 2 N–H and O–H groups in total. The molecule has 0 fully saturated rings. The van der Waals surface area contributed by atoms with E-state index in [0.29, 0.717) is 26.1 Å². The maximum Gasteiger partial charge on any atom is 0.221 e. The Bertz CT molecular complexity index is 911. The molecule has 1 aromatic carbocycles. The monoisotopic (exact) mass is 400 g/mol. The highest BCUT2D eigenvalue weighted by atomic mass is 32.1. The molecule has 3 rings (SSSR count). The summed E-state index contributed by atoms with van der Waals surface area (Å²) in [5.41, 5.74) is 0. The number of aromatic nitrogens is 2. The molecule has 28 heavy (non-hydrogen) atoms. The van der Waals surface area contributed by atoms with Crippen LogP contribution in [-0.4, -0.2) is 42.7 Å². The second-order valence-electron chi connectivity index (χ2n) is 6.06. The molecule has 148 valence electrons. The fourth-order valence-electron chi connectivity index (χ4n) is 2.63. The lowest BCUT2D eigenvalue weighted by Crippen LogP contribution is -2.29. The van der Waals surface area contributed by atoms with E-state index in [9.17, 15) is 4.79 Å². The van der Waals surface area contributed by atoms with Gasteiger partial charge in [0, 0.05) is 17.8 Å². The van der Waals surface area contributed by atoms with E-state index in [1.54, 1.807) is 24.8 Å². The molecule has 0 saturated carbocycles. The Morgan fingerprint density at radius 3 is 2.68 bits per heavy atom. The highest BCUT2D eigenvalue weighted by molar-refractivity contribution is 7.18. The van der Waals surface area contributed by atoms with E-state index < -0.39 is 0 Å². The quantitative estimate of drug-likeness (QED) is 0.508. The summed E-state index contributed by atoms with van der Waals surface area (Å²) in [4.78, 5) is 22.8. The fourth-order valence-corrected chi connectivity index (χ4v) is 3.57. The number of amides is 1. The molecule has 0 aliphatic carbocycles. The van der Waals surface area contributed by atoms with Crippen LogP contribution in [0, 0.1) is 0 Å². The Kier molecular flexibility index (Phi) is 7.02. The molecule has 0 atom stereocenters. The normalized spacial score (nSPS) is 10.6. The molecule has 0 spiro atoms. The number of anilines is 1. The zero-order chi connectivity index (χ0) is 19.8. The van der Waals surface area contributed by atoms with Crippen molar-refractivity contribution in [3.63, 3.8) is 0 Å². The third-order valence-corrected chi connectivity index (χ3v) is 5.31. The van der Waals surface area contributed by atoms with Crippen molar-refractivity contribution in [3.8, 4) is 11.5 Å². The topological polar surface area (TPSA) is 85.4 Å². The summed E-state index contributed by atoms with van der Waals surface area (Å²) in [6, 6.07) is 9.45. The van der Waals surface area contributed by atoms with Gasteiger partial charge in [0.25, 0.3) is 0 Å². The third kappa shape index (κ3) is 5.32. The average Bonchev–Trinajstić information content (AvgIpc) is 3.16. The van der Waals surface area contributed by atoms with Crippen LogP contribution in [0.15, 0.2) is 36.7 Å². The Morgan fingerprint density at radius 2 is 1.93 bits per heavy atom. The summed E-state index contributed by atoms with van der Waals surface area (Å²) in [5.74, 6) is 2.27. The van der Waals surface area contributed by atoms with Crippen molar-refractivity contribution in [3.05, 3.63) is 41.5 Å². The maximum absolute atomic E-state index is 12.0. The summed E-state index contributed by atoms with van der Waals surface area (Å²) >= 11 is 1.67. The molecule has 3 aromatic rings. The minimum Gasteiger partial charge on any atom is -0.497 e. The van der Waals surface area contributed by atoms with Gasteiger partial charge in [0.05, 0.1) is 19.0 Å². The molecular weight excluding hydrogens is 376 g/mol. The lowest BCUT2D eigenvalue weighted by Gasteiger charge is -2.09. The molecule has 0 radical (unpaired) electrons. The zero-order valence-electron chi connectivity index (χ0n) is 16.0. The minimum atomic E-state index is -0.0318. The number of nitrogens with one attached hydrogen (secondary N) is 2. The number of ether oxygens (including phenoxy) is 2. The van der Waals surface area contributed by atoms with Crippen LogP contribution in [-0.2, 0) is 11.2 Å². The number of thiophene rings is 1. The zero-order valence-corrected chi connectivity index (χ0v) is 16.8. The number of nitrogens with zero attached hydrogens (tertiary/aromatic N) is 2. The number of aryl methyl sites for hydroxylation is 1. The Labute approximate surface area is 168 Å². The van der Waals surface area contributed by atoms with Gasteiger partial charge in [-0.3, -0.25) is 4.79 Å².